The largest absolute Gasteiger partial charge is 0.326 e. The fourth-order valence-electron chi connectivity index (χ4n) is 2.91. The molecule has 98 valence electrons. The number of aryl methyl sites for hydroxylation is 1. The fourth-order valence-corrected chi connectivity index (χ4v) is 3.29. The summed E-state index contributed by atoms with van der Waals surface area (Å²) in [6.07, 6.45) is 0. The second-order valence-electron chi connectivity index (χ2n) is 4.96. The number of para-hydroxylation sites is 1. The Balaban J connectivity index is 2.26. The predicted octanol–water partition coefficient (Wildman–Crippen LogP) is 5.13. The van der Waals surface area contributed by atoms with Gasteiger partial charge in [-0.1, -0.05) is 34.1 Å². The molecule has 0 aliphatic heterocycles. The van der Waals surface area contributed by atoms with Gasteiger partial charge in [0.1, 0.15) is 5.65 Å². The monoisotopic (exact) mass is 324 g/mol. The zero-order chi connectivity index (χ0) is 13.7. The molecule has 0 fully saturated rings. The molecule has 0 saturated carbocycles. The molecule has 3 heteroatoms. The molecule has 0 aliphatic rings. The average Bonchev–Trinajstić information content (AvgIpc) is 2.78. The molecule has 2 aromatic carbocycles. The van der Waals surface area contributed by atoms with E-state index in [1.165, 1.54) is 21.7 Å². The summed E-state index contributed by atoms with van der Waals surface area (Å²) < 4.78 is 3.37. The number of nitrogens with zero attached hydrogens (tertiary/aromatic N) is 2. The second kappa shape index (κ2) is 4.32. The summed E-state index contributed by atoms with van der Waals surface area (Å²) in [5.74, 6) is 0. The number of halogens is 1. The minimum atomic E-state index is 0.930. The summed E-state index contributed by atoms with van der Waals surface area (Å²) >= 11 is 3.53. The van der Waals surface area contributed by atoms with Crippen LogP contribution < -0.4 is 0 Å². The van der Waals surface area contributed by atoms with Crippen LogP contribution in [-0.2, 0) is 6.54 Å². The normalized spacial score (nSPS) is 11.7. The molecule has 2 heterocycles. The molecule has 20 heavy (non-hydrogen) atoms. The summed E-state index contributed by atoms with van der Waals surface area (Å²) in [5, 5.41) is 3.68. The van der Waals surface area contributed by atoms with Crippen molar-refractivity contribution in [2.75, 3.05) is 0 Å². The molecular formula is C17H13BrN2. The van der Waals surface area contributed by atoms with Gasteiger partial charge in [-0.3, -0.25) is 0 Å². The van der Waals surface area contributed by atoms with Crippen LogP contribution in [0.4, 0.5) is 0 Å². The molecule has 4 aromatic rings. The molecule has 0 aliphatic carbocycles. The van der Waals surface area contributed by atoms with E-state index >= 15 is 0 Å². The average molecular weight is 325 g/mol. The van der Waals surface area contributed by atoms with E-state index < -0.39 is 0 Å². The summed E-state index contributed by atoms with van der Waals surface area (Å²) in [4.78, 5) is 4.87. The van der Waals surface area contributed by atoms with Gasteiger partial charge in [0.05, 0.1) is 11.0 Å². The lowest BCUT2D eigenvalue weighted by Crippen LogP contribution is -1.95. The highest BCUT2D eigenvalue weighted by molar-refractivity contribution is 9.10. The molecule has 0 atom stereocenters. The lowest BCUT2D eigenvalue weighted by Gasteiger charge is -2.03. The molecule has 0 amide bonds. The Morgan fingerprint density at radius 2 is 1.90 bits per heavy atom. The smallest absolute Gasteiger partial charge is 0.141 e. The van der Waals surface area contributed by atoms with Gasteiger partial charge in [0.25, 0.3) is 0 Å². The SMILES string of the molecule is CCn1c2ccccc2c2cc3cc(Br)ccc3nc21. The van der Waals surface area contributed by atoms with Gasteiger partial charge in [-0.15, -0.1) is 0 Å². The Morgan fingerprint density at radius 3 is 2.75 bits per heavy atom. The van der Waals surface area contributed by atoms with Gasteiger partial charge in [0.15, 0.2) is 0 Å². The maximum absolute atomic E-state index is 4.87. The number of pyridine rings is 1. The summed E-state index contributed by atoms with van der Waals surface area (Å²) in [6.45, 7) is 3.10. The van der Waals surface area contributed by atoms with E-state index in [1.807, 2.05) is 6.07 Å². The summed E-state index contributed by atoms with van der Waals surface area (Å²) in [7, 11) is 0. The number of benzene rings is 2. The van der Waals surface area contributed by atoms with Crippen molar-refractivity contribution < 1.29 is 0 Å². The Labute approximate surface area is 125 Å². The molecular weight excluding hydrogens is 312 g/mol. The molecule has 2 nitrogen and oxygen atoms in total. The van der Waals surface area contributed by atoms with Crippen LogP contribution in [0.25, 0.3) is 32.8 Å². The van der Waals surface area contributed by atoms with E-state index in [-0.39, 0.29) is 0 Å². The van der Waals surface area contributed by atoms with Gasteiger partial charge in [-0.25, -0.2) is 4.98 Å². The van der Waals surface area contributed by atoms with E-state index in [0.717, 1.165) is 22.2 Å². The van der Waals surface area contributed by atoms with Gasteiger partial charge < -0.3 is 4.57 Å². The lowest BCUT2D eigenvalue weighted by molar-refractivity contribution is 0.818. The first-order valence-corrected chi connectivity index (χ1v) is 7.54. The molecule has 4 rings (SSSR count). The second-order valence-corrected chi connectivity index (χ2v) is 5.87. The molecule has 2 aromatic heterocycles. The zero-order valence-electron chi connectivity index (χ0n) is 11.1. The maximum atomic E-state index is 4.87. The van der Waals surface area contributed by atoms with E-state index in [1.54, 1.807) is 0 Å². The van der Waals surface area contributed by atoms with Crippen molar-refractivity contribution in [2.24, 2.45) is 0 Å². The van der Waals surface area contributed by atoms with Crippen LogP contribution in [0.2, 0.25) is 0 Å². The number of aromatic nitrogens is 2. The van der Waals surface area contributed by atoms with Gasteiger partial charge in [0.2, 0.25) is 0 Å². The lowest BCUT2D eigenvalue weighted by atomic mass is 10.1. The van der Waals surface area contributed by atoms with E-state index in [9.17, 15) is 0 Å². The minimum absolute atomic E-state index is 0.930. The minimum Gasteiger partial charge on any atom is -0.326 e. The van der Waals surface area contributed by atoms with Crippen molar-refractivity contribution in [3.63, 3.8) is 0 Å². The fraction of sp³-hybridized carbons (Fsp3) is 0.118. The van der Waals surface area contributed by atoms with Crippen molar-refractivity contribution in [1.82, 2.24) is 9.55 Å². The van der Waals surface area contributed by atoms with Crippen LogP contribution in [0.3, 0.4) is 0 Å². The third-order valence-corrected chi connectivity index (χ3v) is 4.31. The Hall–Kier alpha value is -1.87. The van der Waals surface area contributed by atoms with Crippen LogP contribution in [0, 0.1) is 0 Å². The molecule has 0 N–H and O–H groups in total. The van der Waals surface area contributed by atoms with Crippen molar-refractivity contribution >= 4 is 48.8 Å². The Morgan fingerprint density at radius 1 is 1.05 bits per heavy atom. The molecule has 0 radical (unpaired) electrons. The number of rotatable bonds is 1. The molecule has 0 unspecified atom stereocenters. The summed E-state index contributed by atoms with van der Waals surface area (Å²) in [6, 6.07) is 17.0. The van der Waals surface area contributed by atoms with Crippen molar-refractivity contribution in [1.29, 1.82) is 0 Å². The number of fused-ring (bicyclic) bond motifs is 4. The highest BCUT2D eigenvalue weighted by atomic mass is 79.9. The van der Waals surface area contributed by atoms with Crippen molar-refractivity contribution in [3.05, 3.63) is 53.0 Å². The number of hydrogen-bond donors (Lipinski definition) is 0. The Kier molecular flexibility index (Phi) is 2.57. The van der Waals surface area contributed by atoms with Gasteiger partial charge >= 0.3 is 0 Å². The third kappa shape index (κ3) is 1.59. The zero-order valence-corrected chi connectivity index (χ0v) is 12.7. The Bertz CT molecular complexity index is 953. The first-order chi connectivity index (χ1) is 9.78. The first kappa shape index (κ1) is 11.9. The highest BCUT2D eigenvalue weighted by Gasteiger charge is 2.11. The molecule has 0 spiro atoms. The summed E-state index contributed by atoms with van der Waals surface area (Å²) in [5.41, 5.74) is 3.37. The standard InChI is InChI=1S/C17H13BrN2/c1-2-20-16-6-4-3-5-13(16)14-10-11-9-12(18)7-8-15(11)19-17(14)20/h3-10H,2H2,1H3. The van der Waals surface area contributed by atoms with E-state index in [0.29, 0.717) is 0 Å². The third-order valence-electron chi connectivity index (χ3n) is 3.81. The number of hydrogen-bond acceptors (Lipinski definition) is 1. The van der Waals surface area contributed by atoms with Crippen LogP contribution in [0.15, 0.2) is 53.0 Å². The van der Waals surface area contributed by atoms with E-state index in [4.69, 9.17) is 4.98 Å². The van der Waals surface area contributed by atoms with Gasteiger partial charge in [-0.05, 0) is 37.3 Å². The van der Waals surface area contributed by atoms with Crippen molar-refractivity contribution in [2.45, 2.75) is 13.5 Å². The quantitative estimate of drug-likeness (QED) is 0.475. The highest BCUT2D eigenvalue weighted by Crippen LogP contribution is 2.31. The van der Waals surface area contributed by atoms with Gasteiger partial charge in [-0.2, -0.15) is 0 Å². The molecule has 0 bridgehead atoms. The van der Waals surface area contributed by atoms with Crippen LogP contribution in [0.5, 0.6) is 0 Å². The van der Waals surface area contributed by atoms with Crippen LogP contribution >= 0.6 is 15.9 Å². The van der Waals surface area contributed by atoms with Gasteiger partial charge in [0, 0.05) is 27.2 Å². The predicted molar refractivity (Wildman–Crippen MR) is 88.1 cm³/mol. The van der Waals surface area contributed by atoms with Crippen molar-refractivity contribution in [3.8, 4) is 0 Å². The maximum Gasteiger partial charge on any atom is 0.141 e. The topological polar surface area (TPSA) is 17.8 Å². The van der Waals surface area contributed by atoms with Crippen LogP contribution in [0.1, 0.15) is 6.92 Å². The van der Waals surface area contributed by atoms with E-state index in [2.05, 4.69) is 69.9 Å². The molecule has 0 saturated heterocycles. The first-order valence-electron chi connectivity index (χ1n) is 6.75. The van der Waals surface area contributed by atoms with Crippen LogP contribution in [-0.4, -0.2) is 9.55 Å².